The third-order valence-electron chi connectivity index (χ3n) is 3.69. The maximum Gasteiger partial charge on any atom is 0.326 e. The highest BCUT2D eigenvalue weighted by atomic mass is 16.4. The summed E-state index contributed by atoms with van der Waals surface area (Å²) < 4.78 is 0. The summed E-state index contributed by atoms with van der Waals surface area (Å²) in [5, 5.41) is 27.8. The van der Waals surface area contributed by atoms with Crippen LogP contribution in [0, 0.1) is 0 Å². The molecular formula is C18H26N4O6. The van der Waals surface area contributed by atoms with Gasteiger partial charge >= 0.3 is 24.0 Å². The van der Waals surface area contributed by atoms with Crippen LogP contribution in [0.5, 0.6) is 0 Å². The molecule has 6 N–H and O–H groups in total. The van der Waals surface area contributed by atoms with Crippen molar-refractivity contribution in [1.82, 2.24) is 16.0 Å². The Morgan fingerprint density at radius 1 is 0.857 bits per heavy atom. The maximum atomic E-state index is 11.7. The quantitative estimate of drug-likeness (QED) is 0.296. The third-order valence-corrected chi connectivity index (χ3v) is 3.69. The Kier molecular flexibility index (Phi) is 10.5. The van der Waals surface area contributed by atoms with Crippen LogP contribution < -0.4 is 21.3 Å². The van der Waals surface area contributed by atoms with Crippen molar-refractivity contribution in [2.75, 3.05) is 18.4 Å². The topological polar surface area (TPSA) is 157 Å². The number of amides is 4. The standard InChI is InChI=1S/C18H26N4O6/c23-15(24)10-6-12-20-18(28)22-14(16(25)26)9-4-5-11-19-17(27)21-13-7-2-1-3-8-13/h1-3,7-8,14H,4-6,9-12H2,(H,23,24)(H,25,26)(H2,19,21,27)(H2,20,22,28). The van der Waals surface area contributed by atoms with E-state index < -0.39 is 24.0 Å². The molecule has 1 rings (SSSR count). The summed E-state index contributed by atoms with van der Waals surface area (Å²) in [7, 11) is 0. The molecule has 0 heterocycles. The summed E-state index contributed by atoms with van der Waals surface area (Å²) in [5.74, 6) is -2.12. The molecule has 0 aliphatic carbocycles. The van der Waals surface area contributed by atoms with Crippen molar-refractivity contribution < 1.29 is 29.4 Å². The number of para-hydroxylation sites is 1. The van der Waals surface area contributed by atoms with Crippen LogP contribution in [-0.4, -0.2) is 53.3 Å². The van der Waals surface area contributed by atoms with E-state index in [1.165, 1.54) is 0 Å². The number of carboxylic acids is 2. The lowest BCUT2D eigenvalue weighted by Crippen LogP contribution is -2.46. The van der Waals surface area contributed by atoms with Crippen LogP contribution in [0.4, 0.5) is 15.3 Å². The lowest BCUT2D eigenvalue weighted by molar-refractivity contribution is -0.139. The van der Waals surface area contributed by atoms with Crippen molar-refractivity contribution in [2.24, 2.45) is 0 Å². The molecule has 0 aromatic heterocycles. The monoisotopic (exact) mass is 394 g/mol. The van der Waals surface area contributed by atoms with Crippen LogP contribution in [0.25, 0.3) is 0 Å². The van der Waals surface area contributed by atoms with Crippen LogP contribution in [0.1, 0.15) is 32.1 Å². The Morgan fingerprint density at radius 2 is 1.50 bits per heavy atom. The number of carboxylic acid groups (broad SMARTS) is 2. The average molecular weight is 394 g/mol. The smallest absolute Gasteiger partial charge is 0.326 e. The highest BCUT2D eigenvalue weighted by Gasteiger charge is 2.19. The van der Waals surface area contributed by atoms with E-state index in [0.717, 1.165) is 0 Å². The molecule has 1 atom stereocenters. The molecule has 0 saturated heterocycles. The first-order valence-electron chi connectivity index (χ1n) is 8.97. The fraction of sp³-hybridized carbons (Fsp3) is 0.444. The van der Waals surface area contributed by atoms with Crippen molar-refractivity contribution in [1.29, 1.82) is 0 Å². The molecule has 10 nitrogen and oxygen atoms in total. The second kappa shape index (κ2) is 13.0. The summed E-state index contributed by atoms with van der Waals surface area (Å²) in [6, 6.07) is 6.90. The van der Waals surface area contributed by atoms with E-state index in [0.29, 0.717) is 25.1 Å². The van der Waals surface area contributed by atoms with Crippen LogP contribution in [0.3, 0.4) is 0 Å². The second-order valence-electron chi connectivity index (χ2n) is 6.03. The Hall–Kier alpha value is -3.30. The molecule has 4 amide bonds. The summed E-state index contributed by atoms with van der Waals surface area (Å²) >= 11 is 0. The molecule has 0 spiro atoms. The van der Waals surface area contributed by atoms with Gasteiger partial charge in [0.05, 0.1) is 0 Å². The zero-order valence-corrected chi connectivity index (χ0v) is 15.4. The lowest BCUT2D eigenvalue weighted by Gasteiger charge is -2.15. The molecular weight excluding hydrogens is 368 g/mol. The summed E-state index contributed by atoms with van der Waals surface area (Å²) in [5.41, 5.74) is 0.671. The minimum absolute atomic E-state index is 0.0759. The maximum absolute atomic E-state index is 11.7. The van der Waals surface area contributed by atoms with Crippen molar-refractivity contribution in [3.8, 4) is 0 Å². The summed E-state index contributed by atoms with van der Waals surface area (Å²) in [4.78, 5) is 45.0. The van der Waals surface area contributed by atoms with Crippen LogP contribution in [-0.2, 0) is 9.59 Å². The molecule has 28 heavy (non-hydrogen) atoms. The van der Waals surface area contributed by atoms with Crippen molar-refractivity contribution >= 4 is 29.7 Å². The van der Waals surface area contributed by atoms with E-state index in [9.17, 15) is 24.3 Å². The third kappa shape index (κ3) is 10.6. The average Bonchev–Trinajstić information content (AvgIpc) is 2.64. The first kappa shape index (κ1) is 22.7. The zero-order chi connectivity index (χ0) is 20.8. The number of rotatable bonds is 12. The van der Waals surface area contributed by atoms with Crippen LogP contribution >= 0.6 is 0 Å². The van der Waals surface area contributed by atoms with Gasteiger partial charge in [0.25, 0.3) is 0 Å². The van der Waals surface area contributed by atoms with Crippen molar-refractivity contribution in [3.05, 3.63) is 30.3 Å². The zero-order valence-electron chi connectivity index (χ0n) is 15.4. The number of aliphatic carboxylic acids is 2. The number of carbonyl (C=O) groups excluding carboxylic acids is 2. The molecule has 10 heteroatoms. The van der Waals surface area contributed by atoms with Crippen molar-refractivity contribution in [3.63, 3.8) is 0 Å². The Morgan fingerprint density at radius 3 is 2.14 bits per heavy atom. The SMILES string of the molecule is O=C(O)CCCNC(=O)NC(CCCCNC(=O)Nc1ccccc1)C(=O)O. The van der Waals surface area contributed by atoms with Crippen LogP contribution in [0.2, 0.25) is 0 Å². The largest absolute Gasteiger partial charge is 0.481 e. The number of carbonyl (C=O) groups is 4. The molecule has 0 fully saturated rings. The molecule has 0 saturated carbocycles. The minimum atomic E-state index is -1.16. The molecule has 0 bridgehead atoms. The first-order valence-corrected chi connectivity index (χ1v) is 8.97. The number of anilines is 1. The van der Waals surface area contributed by atoms with E-state index in [4.69, 9.17) is 5.11 Å². The number of benzene rings is 1. The van der Waals surface area contributed by atoms with Gasteiger partial charge in [-0.3, -0.25) is 4.79 Å². The number of hydrogen-bond acceptors (Lipinski definition) is 4. The summed E-state index contributed by atoms with van der Waals surface area (Å²) in [6.45, 7) is 0.511. The van der Waals surface area contributed by atoms with Gasteiger partial charge < -0.3 is 31.5 Å². The van der Waals surface area contributed by atoms with Gasteiger partial charge in [-0.2, -0.15) is 0 Å². The van der Waals surface area contributed by atoms with Gasteiger partial charge in [-0.1, -0.05) is 18.2 Å². The second-order valence-corrected chi connectivity index (χ2v) is 6.03. The van der Waals surface area contributed by atoms with Crippen LogP contribution in [0.15, 0.2) is 30.3 Å². The molecule has 1 aromatic rings. The number of nitrogens with one attached hydrogen (secondary N) is 4. The highest BCUT2D eigenvalue weighted by molar-refractivity contribution is 5.89. The van der Waals surface area contributed by atoms with E-state index in [2.05, 4.69) is 21.3 Å². The van der Waals surface area contributed by atoms with Crippen molar-refractivity contribution in [2.45, 2.75) is 38.1 Å². The predicted octanol–water partition coefficient (Wildman–Crippen LogP) is 1.60. The Bertz CT molecular complexity index is 653. The van der Waals surface area contributed by atoms with E-state index in [-0.39, 0.29) is 31.8 Å². The van der Waals surface area contributed by atoms with Gasteiger partial charge in [0.15, 0.2) is 0 Å². The number of urea groups is 2. The fourth-order valence-electron chi connectivity index (χ4n) is 2.28. The molecule has 154 valence electrons. The minimum Gasteiger partial charge on any atom is -0.481 e. The molecule has 0 aliphatic rings. The number of hydrogen-bond donors (Lipinski definition) is 6. The normalized spacial score (nSPS) is 11.1. The van der Waals surface area contributed by atoms with Gasteiger partial charge in [0.2, 0.25) is 0 Å². The fourth-order valence-corrected chi connectivity index (χ4v) is 2.28. The van der Waals surface area contributed by atoms with Gasteiger partial charge in [-0.05, 0) is 37.8 Å². The Labute approximate surface area is 162 Å². The lowest BCUT2D eigenvalue weighted by atomic mass is 10.1. The van der Waals surface area contributed by atoms with Gasteiger partial charge in [-0.25, -0.2) is 14.4 Å². The first-order chi connectivity index (χ1) is 13.4. The predicted molar refractivity (Wildman–Crippen MR) is 102 cm³/mol. The molecule has 1 aromatic carbocycles. The van der Waals surface area contributed by atoms with E-state index in [1.54, 1.807) is 24.3 Å². The molecule has 0 aliphatic heterocycles. The van der Waals surface area contributed by atoms with E-state index >= 15 is 0 Å². The Balaban J connectivity index is 2.19. The molecule has 0 radical (unpaired) electrons. The van der Waals surface area contributed by atoms with Gasteiger partial charge in [-0.15, -0.1) is 0 Å². The molecule has 1 unspecified atom stereocenters. The van der Waals surface area contributed by atoms with E-state index in [1.807, 2.05) is 6.07 Å². The van der Waals surface area contributed by atoms with Gasteiger partial charge in [0, 0.05) is 25.2 Å². The number of unbranched alkanes of at least 4 members (excludes halogenated alkanes) is 1. The summed E-state index contributed by atoms with van der Waals surface area (Å²) in [6.07, 6.45) is 1.43. The van der Waals surface area contributed by atoms with Gasteiger partial charge in [0.1, 0.15) is 6.04 Å². The highest BCUT2D eigenvalue weighted by Crippen LogP contribution is 2.05.